The van der Waals surface area contributed by atoms with E-state index >= 15 is 0 Å². The molecule has 4 heteroatoms. The Morgan fingerprint density at radius 2 is 1.93 bits per heavy atom. The maximum absolute atomic E-state index is 12.7. The van der Waals surface area contributed by atoms with Gasteiger partial charge in [-0.2, -0.15) is 5.10 Å². The van der Waals surface area contributed by atoms with Gasteiger partial charge < -0.3 is 0 Å². The van der Waals surface area contributed by atoms with Crippen LogP contribution < -0.4 is 0 Å². The molecule has 0 spiro atoms. The number of rotatable bonds is 2. The molecule has 1 heterocycles. The molecule has 0 aliphatic carbocycles. The molecule has 2 aromatic rings. The minimum Gasteiger partial charge on any atom is -0.285 e. The molecule has 72 valence electrons. The van der Waals surface area contributed by atoms with Crippen LogP contribution in [-0.4, -0.2) is 10.2 Å². The molecule has 0 aliphatic rings. The van der Waals surface area contributed by atoms with Crippen molar-refractivity contribution in [2.75, 3.05) is 0 Å². The number of aromatic amines is 1. The lowest BCUT2D eigenvalue weighted by molar-refractivity contribution is 0.627. The fourth-order valence-electron chi connectivity index (χ4n) is 1.22. The van der Waals surface area contributed by atoms with Gasteiger partial charge in [-0.25, -0.2) is 4.39 Å². The van der Waals surface area contributed by atoms with Crippen LogP contribution in [0.25, 0.3) is 0 Å². The van der Waals surface area contributed by atoms with Gasteiger partial charge in [0.15, 0.2) is 0 Å². The molecule has 0 aliphatic heterocycles. The minimum atomic E-state index is -0.222. The fraction of sp³-hybridized carbons (Fsp3) is 0.100. The summed E-state index contributed by atoms with van der Waals surface area (Å²) in [6, 6.07) is 6.40. The SMILES string of the molecule is Fc1ccc(C(Br)c2cn[nH]c2)cc1. The summed E-state index contributed by atoms with van der Waals surface area (Å²) in [5, 5.41) is 6.59. The summed E-state index contributed by atoms with van der Waals surface area (Å²) in [6.07, 6.45) is 3.55. The van der Waals surface area contributed by atoms with Crippen molar-refractivity contribution in [3.05, 3.63) is 53.6 Å². The molecule has 0 saturated carbocycles. The molecule has 1 N–H and O–H groups in total. The van der Waals surface area contributed by atoms with Crippen LogP contribution in [0.5, 0.6) is 0 Å². The average Bonchev–Trinajstić information content (AvgIpc) is 2.71. The van der Waals surface area contributed by atoms with E-state index in [1.807, 2.05) is 6.20 Å². The topological polar surface area (TPSA) is 28.7 Å². The number of aromatic nitrogens is 2. The summed E-state index contributed by atoms with van der Waals surface area (Å²) in [4.78, 5) is 0.0573. The molecule has 0 saturated heterocycles. The van der Waals surface area contributed by atoms with Crippen LogP contribution in [0.15, 0.2) is 36.7 Å². The van der Waals surface area contributed by atoms with E-state index in [1.54, 1.807) is 18.3 Å². The van der Waals surface area contributed by atoms with Gasteiger partial charge in [0.05, 0.1) is 11.0 Å². The lowest BCUT2D eigenvalue weighted by atomic mass is 10.1. The normalized spacial score (nSPS) is 12.7. The molecule has 1 aromatic carbocycles. The molecule has 1 atom stereocenters. The van der Waals surface area contributed by atoms with Crippen molar-refractivity contribution in [1.29, 1.82) is 0 Å². The minimum absolute atomic E-state index is 0.0573. The van der Waals surface area contributed by atoms with E-state index in [2.05, 4.69) is 26.1 Å². The van der Waals surface area contributed by atoms with Gasteiger partial charge in [-0.1, -0.05) is 28.1 Å². The van der Waals surface area contributed by atoms with Crippen LogP contribution >= 0.6 is 15.9 Å². The number of hydrogen-bond acceptors (Lipinski definition) is 1. The second-order valence-electron chi connectivity index (χ2n) is 2.95. The predicted molar refractivity (Wildman–Crippen MR) is 55.8 cm³/mol. The molecule has 2 rings (SSSR count). The van der Waals surface area contributed by atoms with Crippen LogP contribution in [-0.2, 0) is 0 Å². The highest BCUT2D eigenvalue weighted by Gasteiger charge is 2.10. The summed E-state index contributed by atoms with van der Waals surface area (Å²) in [7, 11) is 0. The van der Waals surface area contributed by atoms with Gasteiger partial charge in [0.1, 0.15) is 5.82 Å². The molecule has 14 heavy (non-hydrogen) atoms. The standard InChI is InChI=1S/C10H8BrFN2/c11-10(8-5-13-14-6-8)7-1-3-9(12)4-2-7/h1-6,10H,(H,13,14). The van der Waals surface area contributed by atoms with E-state index in [0.717, 1.165) is 11.1 Å². The van der Waals surface area contributed by atoms with E-state index in [1.165, 1.54) is 12.1 Å². The Kier molecular flexibility index (Phi) is 2.63. The Hall–Kier alpha value is -1.16. The van der Waals surface area contributed by atoms with E-state index in [9.17, 15) is 4.39 Å². The van der Waals surface area contributed by atoms with Crippen LogP contribution in [0.2, 0.25) is 0 Å². The Bertz CT molecular complexity index is 397. The van der Waals surface area contributed by atoms with Crippen LogP contribution in [0.1, 0.15) is 16.0 Å². The second-order valence-corrected chi connectivity index (χ2v) is 3.86. The molecular weight excluding hydrogens is 247 g/mol. The Balaban J connectivity index is 2.28. The lowest BCUT2D eigenvalue weighted by Gasteiger charge is -2.06. The van der Waals surface area contributed by atoms with E-state index < -0.39 is 0 Å². The van der Waals surface area contributed by atoms with Crippen molar-refractivity contribution < 1.29 is 4.39 Å². The highest BCUT2D eigenvalue weighted by atomic mass is 79.9. The van der Waals surface area contributed by atoms with Gasteiger partial charge in [0, 0.05) is 11.8 Å². The third-order valence-corrected chi connectivity index (χ3v) is 3.03. The van der Waals surface area contributed by atoms with Crippen LogP contribution in [0.3, 0.4) is 0 Å². The molecule has 0 fully saturated rings. The number of benzene rings is 1. The number of alkyl halides is 1. The fourth-order valence-corrected chi connectivity index (χ4v) is 1.78. The zero-order chi connectivity index (χ0) is 9.97. The molecular formula is C10H8BrFN2. The highest BCUT2D eigenvalue weighted by Crippen LogP contribution is 2.29. The van der Waals surface area contributed by atoms with Gasteiger partial charge in [0.25, 0.3) is 0 Å². The van der Waals surface area contributed by atoms with Gasteiger partial charge in [-0.15, -0.1) is 0 Å². The summed E-state index contributed by atoms with van der Waals surface area (Å²) < 4.78 is 12.7. The number of halogens is 2. The van der Waals surface area contributed by atoms with Crippen molar-refractivity contribution in [3.63, 3.8) is 0 Å². The third-order valence-electron chi connectivity index (χ3n) is 1.97. The van der Waals surface area contributed by atoms with Crippen molar-refractivity contribution in [3.8, 4) is 0 Å². The summed E-state index contributed by atoms with van der Waals surface area (Å²) in [5.74, 6) is -0.222. The smallest absolute Gasteiger partial charge is 0.123 e. The summed E-state index contributed by atoms with van der Waals surface area (Å²) in [5.41, 5.74) is 2.03. The first kappa shape index (κ1) is 9.40. The molecule has 1 aromatic heterocycles. The second kappa shape index (κ2) is 3.92. The van der Waals surface area contributed by atoms with Crippen molar-refractivity contribution in [1.82, 2.24) is 10.2 Å². The number of H-pyrrole nitrogens is 1. The van der Waals surface area contributed by atoms with E-state index in [0.29, 0.717) is 0 Å². The van der Waals surface area contributed by atoms with Gasteiger partial charge in [-0.05, 0) is 17.7 Å². The van der Waals surface area contributed by atoms with E-state index in [-0.39, 0.29) is 10.6 Å². The Labute approximate surface area is 89.3 Å². The predicted octanol–water partition coefficient (Wildman–Crippen LogP) is 3.03. The average molecular weight is 255 g/mol. The summed E-state index contributed by atoms with van der Waals surface area (Å²) in [6.45, 7) is 0. The maximum atomic E-state index is 12.7. The van der Waals surface area contributed by atoms with Gasteiger partial charge in [-0.3, -0.25) is 5.10 Å². The quantitative estimate of drug-likeness (QED) is 0.821. The lowest BCUT2D eigenvalue weighted by Crippen LogP contribution is -1.90. The third kappa shape index (κ3) is 1.85. The zero-order valence-corrected chi connectivity index (χ0v) is 8.83. The first-order chi connectivity index (χ1) is 6.77. The van der Waals surface area contributed by atoms with Crippen LogP contribution in [0, 0.1) is 5.82 Å². The van der Waals surface area contributed by atoms with Crippen molar-refractivity contribution in [2.45, 2.75) is 4.83 Å². The molecule has 0 bridgehead atoms. The van der Waals surface area contributed by atoms with E-state index in [4.69, 9.17) is 0 Å². The first-order valence-corrected chi connectivity index (χ1v) is 5.07. The van der Waals surface area contributed by atoms with Gasteiger partial charge >= 0.3 is 0 Å². The molecule has 0 radical (unpaired) electrons. The molecule has 0 amide bonds. The molecule has 1 unspecified atom stereocenters. The number of hydrogen-bond donors (Lipinski definition) is 1. The maximum Gasteiger partial charge on any atom is 0.123 e. The first-order valence-electron chi connectivity index (χ1n) is 4.15. The van der Waals surface area contributed by atoms with Gasteiger partial charge in [0.2, 0.25) is 0 Å². The summed E-state index contributed by atoms with van der Waals surface area (Å²) >= 11 is 3.52. The largest absolute Gasteiger partial charge is 0.285 e. The highest BCUT2D eigenvalue weighted by molar-refractivity contribution is 9.09. The zero-order valence-electron chi connectivity index (χ0n) is 7.24. The number of nitrogens with zero attached hydrogens (tertiary/aromatic N) is 1. The van der Waals surface area contributed by atoms with Crippen molar-refractivity contribution in [2.24, 2.45) is 0 Å². The Morgan fingerprint density at radius 3 is 2.50 bits per heavy atom. The number of nitrogens with one attached hydrogen (secondary N) is 1. The molecule has 2 nitrogen and oxygen atoms in total. The van der Waals surface area contributed by atoms with Crippen molar-refractivity contribution >= 4 is 15.9 Å². The van der Waals surface area contributed by atoms with Crippen LogP contribution in [0.4, 0.5) is 4.39 Å². The monoisotopic (exact) mass is 254 g/mol. The Morgan fingerprint density at radius 1 is 1.21 bits per heavy atom.